The highest BCUT2D eigenvalue weighted by Gasteiger charge is 2.15. The molecule has 0 spiro atoms. The highest BCUT2D eigenvalue weighted by atomic mass is 32.2. The fourth-order valence-electron chi connectivity index (χ4n) is 2.67. The third kappa shape index (κ3) is 3.69. The highest BCUT2D eigenvalue weighted by molar-refractivity contribution is 7.98. The van der Waals surface area contributed by atoms with Crippen LogP contribution in [0.2, 0.25) is 0 Å². The molecule has 1 aromatic carbocycles. The maximum Gasteiger partial charge on any atom is 0.130 e. The summed E-state index contributed by atoms with van der Waals surface area (Å²) in [7, 11) is 0. The van der Waals surface area contributed by atoms with Gasteiger partial charge in [-0.1, -0.05) is 18.2 Å². The molecule has 0 saturated carbocycles. The van der Waals surface area contributed by atoms with Crippen molar-refractivity contribution in [3.05, 3.63) is 35.9 Å². The first-order valence-corrected chi connectivity index (χ1v) is 8.84. The van der Waals surface area contributed by atoms with Gasteiger partial charge in [-0.05, 0) is 31.9 Å². The molecule has 0 aliphatic carbocycles. The Morgan fingerprint density at radius 3 is 3.10 bits per heavy atom. The van der Waals surface area contributed by atoms with E-state index in [1.165, 1.54) is 23.8 Å². The van der Waals surface area contributed by atoms with Crippen LogP contribution in [-0.2, 0) is 10.5 Å². The number of nitrogens with zero attached hydrogens (tertiary/aromatic N) is 1. The number of nitrogens with one attached hydrogen (secondary N) is 1. The van der Waals surface area contributed by atoms with Gasteiger partial charge in [0.2, 0.25) is 0 Å². The molecule has 3 nitrogen and oxygen atoms in total. The Morgan fingerprint density at radius 2 is 2.29 bits per heavy atom. The molecule has 112 valence electrons. The van der Waals surface area contributed by atoms with E-state index < -0.39 is 0 Å². The molecular formula is C17H22N2OS. The Kier molecular flexibility index (Phi) is 4.99. The average molecular weight is 302 g/mol. The van der Waals surface area contributed by atoms with E-state index in [-0.39, 0.29) is 0 Å². The number of hydrogen-bond donors (Lipinski definition) is 1. The van der Waals surface area contributed by atoms with E-state index in [0.29, 0.717) is 6.10 Å². The maximum atomic E-state index is 5.69. The van der Waals surface area contributed by atoms with E-state index in [1.54, 1.807) is 0 Å². The number of anilines is 1. The van der Waals surface area contributed by atoms with Crippen molar-refractivity contribution in [2.75, 3.05) is 24.2 Å². The molecule has 1 aromatic heterocycles. The summed E-state index contributed by atoms with van der Waals surface area (Å²) in [5.41, 5.74) is 2.35. The summed E-state index contributed by atoms with van der Waals surface area (Å²) in [5, 5.41) is 4.61. The molecule has 21 heavy (non-hydrogen) atoms. The highest BCUT2D eigenvalue weighted by Crippen LogP contribution is 2.26. The molecule has 1 fully saturated rings. The van der Waals surface area contributed by atoms with E-state index in [9.17, 15) is 0 Å². The van der Waals surface area contributed by atoms with Gasteiger partial charge in [-0.25, -0.2) is 4.98 Å². The van der Waals surface area contributed by atoms with Gasteiger partial charge in [-0.3, -0.25) is 0 Å². The van der Waals surface area contributed by atoms with Crippen LogP contribution in [-0.4, -0.2) is 30.0 Å². The summed E-state index contributed by atoms with van der Waals surface area (Å²) in [5.74, 6) is 3.09. The number of fused-ring (bicyclic) bond motifs is 1. The molecule has 3 rings (SSSR count). The number of benzene rings is 1. The monoisotopic (exact) mass is 302 g/mol. The largest absolute Gasteiger partial charge is 0.377 e. The lowest BCUT2D eigenvalue weighted by atomic mass is 10.1. The first kappa shape index (κ1) is 14.7. The standard InChI is InChI=1S/C17H22N2OS/c1-2-18-17-14(11-21-12-15-7-5-9-20-15)10-13-6-3-4-8-16(13)19-17/h3-4,6,8,10,15H,2,5,7,9,11-12H2,1H3,(H,18,19). The van der Waals surface area contributed by atoms with E-state index in [2.05, 4.69) is 36.5 Å². The van der Waals surface area contributed by atoms with Crippen LogP contribution in [0.5, 0.6) is 0 Å². The van der Waals surface area contributed by atoms with Gasteiger partial charge in [0.25, 0.3) is 0 Å². The van der Waals surface area contributed by atoms with Crippen molar-refractivity contribution in [1.29, 1.82) is 0 Å². The zero-order valence-electron chi connectivity index (χ0n) is 12.5. The summed E-state index contributed by atoms with van der Waals surface area (Å²) < 4.78 is 5.69. The van der Waals surface area contributed by atoms with Crippen LogP contribution in [0, 0.1) is 0 Å². The summed E-state index contributed by atoms with van der Waals surface area (Å²) in [4.78, 5) is 4.76. The quantitative estimate of drug-likeness (QED) is 0.872. The van der Waals surface area contributed by atoms with Crippen molar-refractivity contribution >= 4 is 28.5 Å². The van der Waals surface area contributed by atoms with Gasteiger partial charge in [0, 0.05) is 35.6 Å². The Morgan fingerprint density at radius 1 is 1.38 bits per heavy atom. The van der Waals surface area contributed by atoms with E-state index in [1.807, 2.05) is 17.8 Å². The van der Waals surface area contributed by atoms with Crippen molar-refractivity contribution in [3.8, 4) is 0 Å². The molecule has 1 saturated heterocycles. The number of ether oxygens (including phenoxy) is 1. The third-order valence-corrected chi connectivity index (χ3v) is 4.86. The fraction of sp³-hybridized carbons (Fsp3) is 0.471. The number of pyridine rings is 1. The van der Waals surface area contributed by atoms with Crippen molar-refractivity contribution in [1.82, 2.24) is 4.98 Å². The summed E-state index contributed by atoms with van der Waals surface area (Å²) in [6, 6.07) is 10.6. The molecule has 1 aliphatic heterocycles. The lowest BCUT2D eigenvalue weighted by Gasteiger charge is -2.13. The molecule has 1 unspecified atom stereocenters. The second-order valence-corrected chi connectivity index (χ2v) is 6.40. The molecule has 2 heterocycles. The number of aromatic nitrogens is 1. The van der Waals surface area contributed by atoms with Gasteiger partial charge < -0.3 is 10.1 Å². The molecule has 1 aliphatic rings. The van der Waals surface area contributed by atoms with Gasteiger partial charge in [-0.2, -0.15) is 11.8 Å². The Balaban J connectivity index is 1.73. The van der Waals surface area contributed by atoms with Crippen LogP contribution < -0.4 is 5.32 Å². The van der Waals surface area contributed by atoms with Crippen molar-refractivity contribution in [2.24, 2.45) is 0 Å². The van der Waals surface area contributed by atoms with Crippen molar-refractivity contribution < 1.29 is 4.74 Å². The van der Waals surface area contributed by atoms with E-state index in [4.69, 9.17) is 9.72 Å². The van der Waals surface area contributed by atoms with Gasteiger partial charge in [-0.15, -0.1) is 0 Å². The Labute approximate surface area is 130 Å². The zero-order valence-corrected chi connectivity index (χ0v) is 13.3. The van der Waals surface area contributed by atoms with Crippen LogP contribution in [0.15, 0.2) is 30.3 Å². The van der Waals surface area contributed by atoms with E-state index >= 15 is 0 Å². The number of thioether (sulfide) groups is 1. The summed E-state index contributed by atoms with van der Waals surface area (Å²) in [6.45, 7) is 3.94. The average Bonchev–Trinajstić information content (AvgIpc) is 3.01. The molecule has 4 heteroatoms. The minimum absolute atomic E-state index is 0.450. The van der Waals surface area contributed by atoms with Gasteiger partial charge in [0.15, 0.2) is 0 Å². The van der Waals surface area contributed by atoms with Crippen LogP contribution in [0.1, 0.15) is 25.3 Å². The van der Waals surface area contributed by atoms with Crippen LogP contribution in [0.25, 0.3) is 10.9 Å². The Bertz CT molecular complexity index is 596. The first-order valence-electron chi connectivity index (χ1n) is 7.68. The Hall–Kier alpha value is -1.26. The number of para-hydroxylation sites is 1. The smallest absolute Gasteiger partial charge is 0.130 e. The van der Waals surface area contributed by atoms with Gasteiger partial charge in [0.05, 0.1) is 11.6 Å². The SMILES string of the molecule is CCNc1nc2ccccc2cc1CSCC1CCCO1. The van der Waals surface area contributed by atoms with Crippen molar-refractivity contribution in [3.63, 3.8) is 0 Å². The second kappa shape index (κ2) is 7.14. The molecule has 1 N–H and O–H groups in total. The molecular weight excluding hydrogens is 280 g/mol. The van der Waals surface area contributed by atoms with Crippen LogP contribution in [0.3, 0.4) is 0 Å². The molecule has 0 bridgehead atoms. The zero-order chi connectivity index (χ0) is 14.5. The molecule has 1 atom stereocenters. The van der Waals surface area contributed by atoms with Gasteiger partial charge >= 0.3 is 0 Å². The first-order chi connectivity index (χ1) is 10.4. The molecule has 0 amide bonds. The van der Waals surface area contributed by atoms with Crippen LogP contribution >= 0.6 is 11.8 Å². The predicted molar refractivity (Wildman–Crippen MR) is 91.0 cm³/mol. The minimum Gasteiger partial charge on any atom is -0.377 e. The number of hydrogen-bond acceptors (Lipinski definition) is 4. The second-order valence-electron chi connectivity index (χ2n) is 5.37. The lowest BCUT2D eigenvalue weighted by molar-refractivity contribution is 0.129. The van der Waals surface area contributed by atoms with Crippen molar-refractivity contribution in [2.45, 2.75) is 31.6 Å². The number of rotatable bonds is 6. The predicted octanol–water partition coefficient (Wildman–Crippen LogP) is 4.08. The third-order valence-electron chi connectivity index (χ3n) is 3.73. The summed E-state index contributed by atoms with van der Waals surface area (Å²) >= 11 is 1.95. The lowest BCUT2D eigenvalue weighted by Crippen LogP contribution is -2.09. The molecule has 2 aromatic rings. The topological polar surface area (TPSA) is 34.2 Å². The van der Waals surface area contributed by atoms with Gasteiger partial charge in [0.1, 0.15) is 5.82 Å². The van der Waals surface area contributed by atoms with Crippen LogP contribution in [0.4, 0.5) is 5.82 Å². The fourth-order valence-corrected chi connectivity index (χ4v) is 3.75. The minimum atomic E-state index is 0.450. The normalized spacial score (nSPS) is 18.2. The maximum absolute atomic E-state index is 5.69. The molecule has 0 radical (unpaired) electrons. The summed E-state index contributed by atoms with van der Waals surface area (Å²) in [6.07, 6.45) is 2.88. The van der Waals surface area contributed by atoms with E-state index in [0.717, 1.165) is 36.0 Å².